The van der Waals surface area contributed by atoms with Crippen molar-refractivity contribution in [2.75, 3.05) is 14.1 Å². The van der Waals surface area contributed by atoms with Crippen LogP contribution in [0.5, 0.6) is 0 Å². The van der Waals surface area contributed by atoms with Gasteiger partial charge in [-0.25, -0.2) is 4.79 Å². The lowest BCUT2D eigenvalue weighted by Crippen LogP contribution is -2.27. The van der Waals surface area contributed by atoms with Crippen molar-refractivity contribution in [3.05, 3.63) is 44.2 Å². The zero-order valence-corrected chi connectivity index (χ0v) is 11.2. The van der Waals surface area contributed by atoms with E-state index in [4.69, 9.17) is 27.6 Å². The Hall–Kier alpha value is -1.52. The third-order valence-corrected chi connectivity index (χ3v) is 2.89. The Morgan fingerprint density at radius 3 is 2.50 bits per heavy atom. The van der Waals surface area contributed by atoms with E-state index in [-0.39, 0.29) is 16.2 Å². The van der Waals surface area contributed by atoms with E-state index in [0.717, 1.165) is 0 Å². The summed E-state index contributed by atoms with van der Waals surface area (Å²) >= 11 is 11.8. The molecule has 0 radical (unpaired) electrons. The molecule has 4 nitrogen and oxygen atoms in total. The van der Waals surface area contributed by atoms with E-state index in [1.807, 2.05) is 0 Å². The van der Waals surface area contributed by atoms with E-state index in [2.05, 4.69) is 0 Å². The maximum Gasteiger partial charge on any atom is 0.349 e. The fourth-order valence-electron chi connectivity index (χ4n) is 1.55. The summed E-state index contributed by atoms with van der Waals surface area (Å²) < 4.78 is 5.06. The van der Waals surface area contributed by atoms with E-state index in [0.29, 0.717) is 10.4 Å². The van der Waals surface area contributed by atoms with Gasteiger partial charge in [0.1, 0.15) is 5.56 Å². The molecule has 0 unspecified atom stereocenters. The molecular weight excluding hydrogens is 277 g/mol. The molecule has 0 aliphatic carbocycles. The van der Waals surface area contributed by atoms with Gasteiger partial charge in [-0.2, -0.15) is 0 Å². The summed E-state index contributed by atoms with van der Waals surface area (Å²) in [5, 5.41) is 1.15. The molecule has 0 aliphatic heterocycles. The number of carbonyl (C=O) groups excluding carboxylic acids is 1. The van der Waals surface area contributed by atoms with Gasteiger partial charge in [0, 0.05) is 24.5 Å². The summed E-state index contributed by atoms with van der Waals surface area (Å²) in [6.45, 7) is 0. The quantitative estimate of drug-likeness (QED) is 0.757. The number of hydrogen-bond donors (Lipinski definition) is 0. The van der Waals surface area contributed by atoms with E-state index < -0.39 is 11.5 Å². The highest BCUT2D eigenvalue weighted by Crippen LogP contribution is 2.27. The van der Waals surface area contributed by atoms with Gasteiger partial charge in [-0.05, 0) is 18.2 Å². The van der Waals surface area contributed by atoms with Crippen molar-refractivity contribution in [2.24, 2.45) is 0 Å². The summed E-state index contributed by atoms with van der Waals surface area (Å²) in [5.74, 6) is -0.429. The Labute approximate surface area is 113 Å². The zero-order valence-electron chi connectivity index (χ0n) is 9.66. The van der Waals surface area contributed by atoms with Gasteiger partial charge in [0.25, 0.3) is 5.91 Å². The van der Waals surface area contributed by atoms with E-state index in [1.54, 1.807) is 20.2 Å². The average Bonchev–Trinajstić information content (AvgIpc) is 2.28. The summed E-state index contributed by atoms with van der Waals surface area (Å²) in [6, 6.07) is 4.49. The van der Waals surface area contributed by atoms with Gasteiger partial charge in [-0.1, -0.05) is 23.2 Å². The normalized spacial score (nSPS) is 10.7. The average molecular weight is 286 g/mol. The molecule has 1 aromatic heterocycles. The molecule has 1 heterocycles. The predicted octanol–water partition coefficient (Wildman–Crippen LogP) is 2.80. The lowest BCUT2D eigenvalue weighted by Gasteiger charge is -2.09. The molecule has 0 aliphatic rings. The third kappa shape index (κ3) is 2.21. The molecule has 0 bridgehead atoms. The standard InChI is InChI=1S/C12H9Cl2NO3/c1-15(2)11(16)8-4-6-3-7(13)5-9(14)10(6)18-12(8)17/h3-5H,1-2H3. The molecule has 2 rings (SSSR count). The summed E-state index contributed by atoms with van der Waals surface area (Å²) in [4.78, 5) is 24.8. The minimum atomic E-state index is -0.717. The minimum absolute atomic E-state index is 0.0502. The SMILES string of the molecule is CN(C)C(=O)c1cc2cc(Cl)cc(Cl)c2oc1=O. The highest BCUT2D eigenvalue weighted by molar-refractivity contribution is 6.38. The van der Waals surface area contributed by atoms with Gasteiger partial charge in [0.05, 0.1) is 5.02 Å². The monoisotopic (exact) mass is 285 g/mol. The lowest BCUT2D eigenvalue weighted by molar-refractivity contribution is 0.0823. The predicted molar refractivity (Wildman–Crippen MR) is 70.5 cm³/mol. The molecular formula is C12H9Cl2NO3. The molecule has 0 saturated heterocycles. The van der Waals surface area contributed by atoms with Crippen LogP contribution in [0.3, 0.4) is 0 Å². The van der Waals surface area contributed by atoms with Crippen LogP contribution < -0.4 is 5.63 Å². The Balaban J connectivity index is 2.76. The topological polar surface area (TPSA) is 50.5 Å². The van der Waals surface area contributed by atoms with Crippen molar-refractivity contribution < 1.29 is 9.21 Å². The first-order valence-corrected chi connectivity index (χ1v) is 5.80. The van der Waals surface area contributed by atoms with Crippen LogP contribution in [0.4, 0.5) is 0 Å². The first kappa shape index (κ1) is 12.9. The number of fused-ring (bicyclic) bond motifs is 1. The summed E-state index contributed by atoms with van der Waals surface area (Å²) in [6.07, 6.45) is 0. The fraction of sp³-hybridized carbons (Fsp3) is 0.167. The van der Waals surface area contributed by atoms with Crippen LogP contribution in [-0.2, 0) is 0 Å². The second-order valence-corrected chi connectivity index (χ2v) is 4.80. The van der Waals surface area contributed by atoms with Crippen molar-refractivity contribution >= 4 is 40.1 Å². The third-order valence-electron chi connectivity index (χ3n) is 2.39. The van der Waals surface area contributed by atoms with Crippen molar-refractivity contribution in [3.8, 4) is 0 Å². The number of amides is 1. The van der Waals surface area contributed by atoms with Gasteiger partial charge < -0.3 is 9.32 Å². The van der Waals surface area contributed by atoms with Crippen molar-refractivity contribution in [2.45, 2.75) is 0 Å². The van der Waals surface area contributed by atoms with E-state index >= 15 is 0 Å². The van der Waals surface area contributed by atoms with Crippen LogP contribution in [0.25, 0.3) is 11.0 Å². The highest BCUT2D eigenvalue weighted by atomic mass is 35.5. The second kappa shape index (κ2) is 4.63. The van der Waals surface area contributed by atoms with E-state index in [1.165, 1.54) is 17.0 Å². The molecule has 0 N–H and O–H groups in total. The number of carbonyl (C=O) groups is 1. The maximum absolute atomic E-state index is 11.8. The second-order valence-electron chi connectivity index (χ2n) is 3.95. The molecule has 1 amide bonds. The zero-order chi connectivity index (χ0) is 13.4. The number of halogens is 2. The molecule has 1 aromatic carbocycles. The van der Waals surface area contributed by atoms with Crippen LogP contribution in [0.15, 0.2) is 27.4 Å². The fourth-order valence-corrected chi connectivity index (χ4v) is 2.09. The van der Waals surface area contributed by atoms with Crippen molar-refractivity contribution in [1.29, 1.82) is 0 Å². The largest absolute Gasteiger partial charge is 0.421 e. The van der Waals surface area contributed by atoms with Crippen molar-refractivity contribution in [1.82, 2.24) is 4.90 Å². The summed E-state index contributed by atoms with van der Waals surface area (Å²) in [5.41, 5.74) is -0.544. The molecule has 6 heteroatoms. The molecule has 0 fully saturated rings. The number of hydrogen-bond acceptors (Lipinski definition) is 3. The Morgan fingerprint density at radius 1 is 1.22 bits per heavy atom. The summed E-state index contributed by atoms with van der Waals surface area (Å²) in [7, 11) is 3.11. The van der Waals surface area contributed by atoms with Crippen LogP contribution >= 0.6 is 23.2 Å². The van der Waals surface area contributed by atoms with Crippen molar-refractivity contribution in [3.63, 3.8) is 0 Å². The van der Waals surface area contributed by atoms with Crippen LogP contribution in [-0.4, -0.2) is 24.9 Å². The Kier molecular flexibility index (Phi) is 3.32. The Bertz CT molecular complexity index is 692. The number of rotatable bonds is 1. The number of benzene rings is 1. The van der Waals surface area contributed by atoms with Gasteiger partial charge in [0.15, 0.2) is 5.58 Å². The van der Waals surface area contributed by atoms with Gasteiger partial charge >= 0.3 is 5.63 Å². The van der Waals surface area contributed by atoms with E-state index in [9.17, 15) is 9.59 Å². The molecule has 0 saturated carbocycles. The first-order valence-electron chi connectivity index (χ1n) is 5.04. The molecule has 18 heavy (non-hydrogen) atoms. The molecule has 94 valence electrons. The first-order chi connectivity index (χ1) is 8.40. The number of nitrogens with zero attached hydrogens (tertiary/aromatic N) is 1. The van der Waals surface area contributed by atoms with Crippen LogP contribution in [0, 0.1) is 0 Å². The highest BCUT2D eigenvalue weighted by Gasteiger charge is 2.16. The smallest absolute Gasteiger partial charge is 0.349 e. The minimum Gasteiger partial charge on any atom is -0.421 e. The molecule has 0 spiro atoms. The van der Waals surface area contributed by atoms with Gasteiger partial charge in [-0.3, -0.25) is 4.79 Å². The lowest BCUT2D eigenvalue weighted by atomic mass is 10.1. The molecule has 2 aromatic rings. The van der Waals surface area contributed by atoms with Crippen LogP contribution in [0.1, 0.15) is 10.4 Å². The maximum atomic E-state index is 11.8. The van der Waals surface area contributed by atoms with Gasteiger partial charge in [0.2, 0.25) is 0 Å². The Morgan fingerprint density at radius 2 is 1.89 bits per heavy atom. The van der Waals surface area contributed by atoms with Crippen LogP contribution in [0.2, 0.25) is 10.0 Å². The van der Waals surface area contributed by atoms with Gasteiger partial charge in [-0.15, -0.1) is 0 Å². The molecule has 0 atom stereocenters.